The van der Waals surface area contributed by atoms with E-state index in [0.717, 1.165) is 44.9 Å². The lowest BCUT2D eigenvalue weighted by atomic mass is 9.98. The zero-order chi connectivity index (χ0) is 20.2. The van der Waals surface area contributed by atoms with Gasteiger partial charge in [-0.15, -0.1) is 0 Å². The average molecular weight is 388 g/mol. The fourth-order valence-electron chi connectivity index (χ4n) is 3.74. The van der Waals surface area contributed by atoms with E-state index in [4.69, 9.17) is 4.42 Å². The van der Waals surface area contributed by atoms with Crippen molar-refractivity contribution in [2.45, 2.75) is 37.9 Å². The van der Waals surface area contributed by atoms with Gasteiger partial charge in [0, 0.05) is 23.6 Å². The summed E-state index contributed by atoms with van der Waals surface area (Å²) < 4.78 is 5.93. The minimum Gasteiger partial charge on any atom is -0.456 e. The van der Waals surface area contributed by atoms with Crippen molar-refractivity contribution < 1.29 is 19.4 Å². The van der Waals surface area contributed by atoms with Gasteiger partial charge in [0.1, 0.15) is 17.5 Å². The monoisotopic (exact) mass is 388 g/mol. The highest BCUT2D eigenvalue weighted by atomic mass is 16.3. The maximum absolute atomic E-state index is 10.7. The zero-order valence-electron chi connectivity index (χ0n) is 16.1. The minimum absolute atomic E-state index is 0.455. The van der Waals surface area contributed by atoms with Gasteiger partial charge in [-0.2, -0.15) is 0 Å². The molecular formula is C25H24O4. The van der Waals surface area contributed by atoms with Gasteiger partial charge in [-0.25, -0.2) is 0 Å². The van der Waals surface area contributed by atoms with Crippen LogP contribution in [-0.2, 0) is 11.2 Å². The predicted molar refractivity (Wildman–Crippen MR) is 114 cm³/mol. The van der Waals surface area contributed by atoms with Gasteiger partial charge in [-0.3, -0.25) is 0 Å². The summed E-state index contributed by atoms with van der Waals surface area (Å²) in [6.07, 6.45) is 1.85. The van der Waals surface area contributed by atoms with Gasteiger partial charge >= 0.3 is 0 Å². The number of aldehydes is 1. The number of rotatable bonds is 8. The van der Waals surface area contributed by atoms with Crippen molar-refractivity contribution in [2.75, 3.05) is 0 Å². The molecule has 2 N–H and O–H groups in total. The zero-order valence-corrected chi connectivity index (χ0v) is 16.1. The molecule has 0 aliphatic carbocycles. The topological polar surface area (TPSA) is 70.7 Å². The molecule has 0 bridgehead atoms. The molecule has 0 saturated carbocycles. The fraction of sp³-hybridized carbons (Fsp3) is 0.240. The summed E-state index contributed by atoms with van der Waals surface area (Å²) in [6, 6.07) is 21.3. The van der Waals surface area contributed by atoms with Crippen LogP contribution >= 0.6 is 0 Å². The molecule has 29 heavy (non-hydrogen) atoms. The second-order valence-corrected chi connectivity index (χ2v) is 7.43. The number of hydrogen-bond acceptors (Lipinski definition) is 4. The summed E-state index contributed by atoms with van der Waals surface area (Å²) in [7, 11) is 0. The predicted octanol–water partition coefficient (Wildman–Crippen LogP) is 5.26. The molecule has 2 unspecified atom stereocenters. The van der Waals surface area contributed by atoms with Crippen molar-refractivity contribution in [3.63, 3.8) is 0 Å². The molecule has 4 nitrogen and oxygen atoms in total. The molecule has 0 saturated heterocycles. The molecule has 0 amide bonds. The lowest BCUT2D eigenvalue weighted by molar-refractivity contribution is -0.108. The molecule has 0 spiro atoms. The second kappa shape index (κ2) is 8.60. The van der Waals surface area contributed by atoms with Gasteiger partial charge in [0.15, 0.2) is 0 Å². The lowest BCUT2D eigenvalue weighted by Gasteiger charge is -2.11. The van der Waals surface area contributed by atoms with E-state index in [0.29, 0.717) is 25.7 Å². The van der Waals surface area contributed by atoms with Crippen LogP contribution in [0.15, 0.2) is 71.1 Å². The Balaban J connectivity index is 1.64. The van der Waals surface area contributed by atoms with Crippen LogP contribution < -0.4 is 0 Å². The van der Waals surface area contributed by atoms with Crippen molar-refractivity contribution in [2.24, 2.45) is 0 Å². The summed E-state index contributed by atoms with van der Waals surface area (Å²) in [4.78, 5) is 10.5. The number of furan rings is 1. The number of aliphatic hydroxyl groups is 2. The van der Waals surface area contributed by atoms with Gasteiger partial charge < -0.3 is 19.4 Å². The first-order valence-corrected chi connectivity index (χ1v) is 9.95. The minimum atomic E-state index is -0.615. The van der Waals surface area contributed by atoms with E-state index in [1.54, 1.807) is 0 Å². The van der Waals surface area contributed by atoms with Gasteiger partial charge in [0.2, 0.25) is 0 Å². The highest BCUT2D eigenvalue weighted by molar-refractivity contribution is 6.05. The maximum atomic E-state index is 10.7. The fourth-order valence-corrected chi connectivity index (χ4v) is 3.74. The summed E-state index contributed by atoms with van der Waals surface area (Å²) in [5.74, 6) is 0. The Hall–Kier alpha value is -2.95. The molecule has 148 valence electrons. The molecule has 4 heteroatoms. The van der Waals surface area contributed by atoms with Crippen molar-refractivity contribution in [3.05, 3.63) is 83.4 Å². The number of fused-ring (bicyclic) bond motifs is 3. The highest BCUT2D eigenvalue weighted by Gasteiger charge is 2.15. The Morgan fingerprint density at radius 2 is 1.45 bits per heavy atom. The maximum Gasteiger partial charge on any atom is 0.135 e. The van der Waals surface area contributed by atoms with E-state index in [1.165, 1.54) is 0 Å². The van der Waals surface area contributed by atoms with E-state index in [9.17, 15) is 15.0 Å². The summed E-state index contributed by atoms with van der Waals surface area (Å²) in [6.45, 7) is 0. The molecule has 4 rings (SSSR count). The van der Waals surface area contributed by atoms with Crippen LogP contribution in [0.5, 0.6) is 0 Å². The molecule has 2 atom stereocenters. The van der Waals surface area contributed by atoms with E-state index < -0.39 is 12.2 Å². The van der Waals surface area contributed by atoms with Crippen LogP contribution in [0.2, 0.25) is 0 Å². The van der Waals surface area contributed by atoms with Crippen LogP contribution in [0.25, 0.3) is 21.9 Å². The molecule has 0 radical (unpaired) electrons. The van der Waals surface area contributed by atoms with Crippen LogP contribution in [0.4, 0.5) is 0 Å². The van der Waals surface area contributed by atoms with Crippen LogP contribution in [0.3, 0.4) is 0 Å². The Labute approximate surface area is 169 Å². The third-order valence-electron chi connectivity index (χ3n) is 5.36. The van der Waals surface area contributed by atoms with Gasteiger partial charge in [0.25, 0.3) is 0 Å². The molecule has 0 fully saturated rings. The number of carbonyl (C=O) groups excluding carboxylic acids is 1. The van der Waals surface area contributed by atoms with E-state index in [1.807, 2.05) is 66.7 Å². The summed E-state index contributed by atoms with van der Waals surface area (Å²) in [5, 5.41) is 23.0. The summed E-state index contributed by atoms with van der Waals surface area (Å²) >= 11 is 0. The third-order valence-corrected chi connectivity index (χ3v) is 5.36. The van der Waals surface area contributed by atoms with Gasteiger partial charge in [-0.05, 0) is 53.8 Å². The Bertz CT molecular complexity index is 1110. The van der Waals surface area contributed by atoms with E-state index in [-0.39, 0.29) is 0 Å². The molecule has 3 aromatic carbocycles. The molecular weight excluding hydrogens is 364 g/mol. The number of carbonyl (C=O) groups is 1. The Kier molecular flexibility index (Phi) is 5.74. The molecule has 0 aliphatic heterocycles. The Morgan fingerprint density at radius 3 is 2.07 bits per heavy atom. The van der Waals surface area contributed by atoms with Crippen LogP contribution in [-0.4, -0.2) is 16.5 Å². The molecule has 1 heterocycles. The first-order valence-electron chi connectivity index (χ1n) is 9.95. The first-order chi connectivity index (χ1) is 14.2. The summed E-state index contributed by atoms with van der Waals surface area (Å²) in [5.41, 5.74) is 4.22. The smallest absolute Gasteiger partial charge is 0.135 e. The number of hydrogen-bond donors (Lipinski definition) is 2. The van der Waals surface area contributed by atoms with Crippen molar-refractivity contribution in [1.82, 2.24) is 0 Å². The Morgan fingerprint density at radius 1 is 0.828 bits per heavy atom. The van der Waals surface area contributed by atoms with E-state index in [2.05, 4.69) is 0 Å². The average Bonchev–Trinajstić information content (AvgIpc) is 3.11. The van der Waals surface area contributed by atoms with Crippen LogP contribution in [0, 0.1) is 0 Å². The normalized spacial score (nSPS) is 13.6. The highest BCUT2D eigenvalue weighted by Crippen LogP contribution is 2.33. The molecule has 0 aliphatic rings. The quantitative estimate of drug-likeness (QED) is 0.319. The number of benzene rings is 3. The van der Waals surface area contributed by atoms with Gasteiger partial charge in [-0.1, -0.05) is 42.5 Å². The SMILES string of the molecule is O=CCCCC(O)c1ccc2oc3ccc(C(O)Cc4ccccc4)cc3c2c1. The largest absolute Gasteiger partial charge is 0.456 e. The number of aliphatic hydroxyl groups excluding tert-OH is 2. The lowest BCUT2D eigenvalue weighted by Crippen LogP contribution is -2.01. The molecule has 1 aromatic heterocycles. The first kappa shape index (κ1) is 19.4. The standard InChI is InChI=1S/C25H24O4/c26-13-5-4-8-22(27)18-9-11-24-20(15-18)21-16-19(10-12-25(21)29-24)23(28)14-17-6-2-1-3-7-17/h1-3,6-7,9-13,15-16,22-23,27-28H,4-5,8,14H2. The van der Waals surface area contributed by atoms with Crippen LogP contribution in [0.1, 0.15) is 48.2 Å². The van der Waals surface area contributed by atoms with Gasteiger partial charge in [0.05, 0.1) is 12.2 Å². The third kappa shape index (κ3) is 4.24. The van der Waals surface area contributed by atoms with Crippen molar-refractivity contribution in [3.8, 4) is 0 Å². The number of unbranched alkanes of at least 4 members (excludes halogenated alkanes) is 1. The van der Waals surface area contributed by atoms with Crippen molar-refractivity contribution >= 4 is 28.2 Å². The second-order valence-electron chi connectivity index (χ2n) is 7.43. The molecule has 4 aromatic rings. The van der Waals surface area contributed by atoms with Crippen molar-refractivity contribution in [1.29, 1.82) is 0 Å². The van der Waals surface area contributed by atoms with E-state index >= 15 is 0 Å².